The van der Waals surface area contributed by atoms with Gasteiger partial charge in [-0.2, -0.15) is 0 Å². The molecule has 0 atom stereocenters. The topological polar surface area (TPSA) is 13.1 Å². The Morgan fingerprint density at radius 3 is 1.41 bits per heavy atom. The Balaban J connectivity index is 1.02. The van der Waals surface area contributed by atoms with E-state index in [0.717, 1.165) is 27.3 Å². The number of hydrogen-bond acceptors (Lipinski definition) is 1. The molecule has 0 amide bonds. The average molecular weight is 647 g/mol. The van der Waals surface area contributed by atoms with Crippen LogP contribution in [0.4, 0.5) is 0 Å². The van der Waals surface area contributed by atoms with Crippen LogP contribution in [-0.2, 0) is 0 Å². The Morgan fingerprint density at radius 1 is 0.255 bits per heavy atom. The minimum absolute atomic E-state index is 0.933. The fourth-order valence-electron chi connectivity index (χ4n) is 8.36. The van der Waals surface area contributed by atoms with Crippen molar-refractivity contribution in [3.8, 4) is 33.4 Å². The lowest BCUT2D eigenvalue weighted by Gasteiger charge is -2.18. The van der Waals surface area contributed by atoms with Crippen molar-refractivity contribution in [2.75, 3.05) is 0 Å². The standard InChI is InChI=1S/C50H30O/c1-2-10-31(11-3-1)48-41-14-6-8-16-43(41)49(44-17-9-7-15-42(44)48)39-21-20-35-26-34(18-19-36(35)28-39)37-22-24-40-38(27-37)23-25-45-46-29-32-12-4-5-13-33(32)30-47(46)51-50(40)45/h1-30H. The number of benzene rings is 10. The normalized spacial score (nSPS) is 11.9. The zero-order chi connectivity index (χ0) is 33.5. The summed E-state index contributed by atoms with van der Waals surface area (Å²) < 4.78 is 6.51. The summed E-state index contributed by atoms with van der Waals surface area (Å²) in [6, 6.07) is 66.4. The number of fused-ring (bicyclic) bond motifs is 9. The van der Waals surface area contributed by atoms with Crippen molar-refractivity contribution in [1.29, 1.82) is 0 Å². The molecule has 11 aromatic rings. The van der Waals surface area contributed by atoms with Crippen LogP contribution in [0.5, 0.6) is 0 Å². The van der Waals surface area contributed by atoms with E-state index in [1.54, 1.807) is 0 Å². The van der Waals surface area contributed by atoms with Gasteiger partial charge in [-0.15, -0.1) is 0 Å². The fourth-order valence-corrected chi connectivity index (χ4v) is 8.36. The molecule has 236 valence electrons. The van der Waals surface area contributed by atoms with E-state index in [1.165, 1.54) is 81.9 Å². The highest BCUT2D eigenvalue weighted by atomic mass is 16.3. The molecular weight excluding hydrogens is 617 g/mol. The molecule has 0 aliphatic carbocycles. The average Bonchev–Trinajstić information content (AvgIpc) is 3.56. The number of furan rings is 1. The highest BCUT2D eigenvalue weighted by molar-refractivity contribution is 6.22. The van der Waals surface area contributed by atoms with Crippen LogP contribution in [-0.4, -0.2) is 0 Å². The molecule has 0 spiro atoms. The zero-order valence-corrected chi connectivity index (χ0v) is 27.7. The van der Waals surface area contributed by atoms with Gasteiger partial charge in [-0.1, -0.05) is 140 Å². The van der Waals surface area contributed by atoms with E-state index in [2.05, 4.69) is 182 Å². The van der Waals surface area contributed by atoms with Gasteiger partial charge in [-0.3, -0.25) is 0 Å². The van der Waals surface area contributed by atoms with Crippen LogP contribution in [0, 0.1) is 0 Å². The first-order chi connectivity index (χ1) is 25.3. The van der Waals surface area contributed by atoms with Gasteiger partial charge in [0.1, 0.15) is 11.2 Å². The summed E-state index contributed by atoms with van der Waals surface area (Å²) in [6.45, 7) is 0. The van der Waals surface area contributed by atoms with Crippen LogP contribution in [0.15, 0.2) is 186 Å². The molecule has 0 bridgehead atoms. The van der Waals surface area contributed by atoms with E-state index in [1.807, 2.05) is 0 Å². The minimum atomic E-state index is 0.933. The second-order valence-corrected chi connectivity index (χ2v) is 13.7. The molecule has 0 N–H and O–H groups in total. The van der Waals surface area contributed by atoms with Crippen molar-refractivity contribution in [2.45, 2.75) is 0 Å². The highest BCUT2D eigenvalue weighted by Gasteiger charge is 2.17. The Kier molecular flexibility index (Phi) is 6.02. The van der Waals surface area contributed by atoms with Crippen LogP contribution < -0.4 is 0 Å². The number of hydrogen-bond donors (Lipinski definition) is 0. The van der Waals surface area contributed by atoms with Gasteiger partial charge in [0.15, 0.2) is 0 Å². The van der Waals surface area contributed by atoms with Crippen molar-refractivity contribution in [3.05, 3.63) is 182 Å². The first-order valence-corrected chi connectivity index (χ1v) is 17.6. The third kappa shape index (κ3) is 4.35. The lowest BCUT2D eigenvalue weighted by atomic mass is 9.85. The van der Waals surface area contributed by atoms with E-state index < -0.39 is 0 Å². The summed E-state index contributed by atoms with van der Waals surface area (Å²) in [7, 11) is 0. The third-order valence-corrected chi connectivity index (χ3v) is 10.8. The Hall–Kier alpha value is -6.70. The lowest BCUT2D eigenvalue weighted by molar-refractivity contribution is 0.673. The molecular formula is C50H30O. The molecule has 0 saturated carbocycles. The largest absolute Gasteiger partial charge is 0.455 e. The quantitative estimate of drug-likeness (QED) is 0.174. The molecule has 1 aromatic heterocycles. The molecule has 0 aliphatic heterocycles. The van der Waals surface area contributed by atoms with E-state index in [0.29, 0.717) is 0 Å². The molecule has 1 nitrogen and oxygen atoms in total. The molecule has 0 aliphatic rings. The predicted molar refractivity (Wildman–Crippen MR) is 218 cm³/mol. The van der Waals surface area contributed by atoms with E-state index in [-0.39, 0.29) is 0 Å². The molecule has 0 fully saturated rings. The van der Waals surface area contributed by atoms with E-state index in [9.17, 15) is 0 Å². The molecule has 51 heavy (non-hydrogen) atoms. The molecule has 1 heteroatoms. The van der Waals surface area contributed by atoms with Gasteiger partial charge in [-0.25, -0.2) is 0 Å². The van der Waals surface area contributed by atoms with Gasteiger partial charge >= 0.3 is 0 Å². The molecule has 10 aromatic carbocycles. The monoisotopic (exact) mass is 646 g/mol. The van der Waals surface area contributed by atoms with Crippen LogP contribution >= 0.6 is 0 Å². The van der Waals surface area contributed by atoms with Crippen molar-refractivity contribution < 1.29 is 4.42 Å². The van der Waals surface area contributed by atoms with Crippen molar-refractivity contribution >= 4 is 75.8 Å². The maximum atomic E-state index is 6.51. The van der Waals surface area contributed by atoms with Gasteiger partial charge in [-0.05, 0) is 124 Å². The summed E-state index contributed by atoms with van der Waals surface area (Å²) in [5.74, 6) is 0. The van der Waals surface area contributed by atoms with Gasteiger partial charge in [0.05, 0.1) is 0 Å². The van der Waals surface area contributed by atoms with Crippen molar-refractivity contribution in [3.63, 3.8) is 0 Å². The second-order valence-electron chi connectivity index (χ2n) is 13.7. The highest BCUT2D eigenvalue weighted by Crippen LogP contribution is 2.44. The lowest BCUT2D eigenvalue weighted by Crippen LogP contribution is -1.90. The number of rotatable bonds is 3. The summed E-state index contributed by atoms with van der Waals surface area (Å²) in [5.41, 5.74) is 9.34. The van der Waals surface area contributed by atoms with Crippen LogP contribution in [0.1, 0.15) is 0 Å². The van der Waals surface area contributed by atoms with Gasteiger partial charge in [0, 0.05) is 16.2 Å². The first kappa shape index (κ1) is 28.2. The summed E-state index contributed by atoms with van der Waals surface area (Å²) in [5, 5.41) is 14.6. The van der Waals surface area contributed by atoms with Crippen LogP contribution in [0.2, 0.25) is 0 Å². The maximum absolute atomic E-state index is 6.51. The van der Waals surface area contributed by atoms with Crippen molar-refractivity contribution in [1.82, 2.24) is 0 Å². The molecule has 0 unspecified atom stereocenters. The Bertz CT molecular complexity index is 3130. The molecule has 0 saturated heterocycles. The zero-order valence-electron chi connectivity index (χ0n) is 27.7. The third-order valence-electron chi connectivity index (χ3n) is 10.8. The fraction of sp³-hybridized carbons (Fsp3) is 0. The maximum Gasteiger partial charge on any atom is 0.143 e. The van der Waals surface area contributed by atoms with Crippen LogP contribution in [0.25, 0.3) is 109 Å². The molecule has 11 rings (SSSR count). The van der Waals surface area contributed by atoms with E-state index >= 15 is 0 Å². The van der Waals surface area contributed by atoms with Crippen LogP contribution in [0.3, 0.4) is 0 Å². The van der Waals surface area contributed by atoms with Gasteiger partial charge in [0.2, 0.25) is 0 Å². The minimum Gasteiger partial charge on any atom is -0.455 e. The Morgan fingerprint density at radius 2 is 0.725 bits per heavy atom. The Labute approximate surface area is 294 Å². The van der Waals surface area contributed by atoms with Gasteiger partial charge < -0.3 is 4.42 Å². The van der Waals surface area contributed by atoms with E-state index in [4.69, 9.17) is 4.42 Å². The molecule has 0 radical (unpaired) electrons. The summed E-state index contributed by atoms with van der Waals surface area (Å²) >= 11 is 0. The van der Waals surface area contributed by atoms with Crippen molar-refractivity contribution in [2.24, 2.45) is 0 Å². The smallest absolute Gasteiger partial charge is 0.143 e. The van der Waals surface area contributed by atoms with Gasteiger partial charge in [0.25, 0.3) is 0 Å². The first-order valence-electron chi connectivity index (χ1n) is 17.6. The predicted octanol–water partition coefficient (Wildman–Crippen LogP) is 14.4. The second kappa shape index (κ2) is 10.9. The summed E-state index contributed by atoms with van der Waals surface area (Å²) in [6.07, 6.45) is 0. The summed E-state index contributed by atoms with van der Waals surface area (Å²) in [4.78, 5) is 0. The molecule has 1 heterocycles. The SMILES string of the molecule is c1ccc(-c2c3ccccc3c(-c3ccc4cc(-c5ccc6c(ccc7c8cc9ccccc9cc8oc67)c5)ccc4c3)c3ccccc23)cc1.